The number of hydrogen-bond acceptors (Lipinski definition) is 3. The van der Waals surface area contributed by atoms with E-state index in [-0.39, 0.29) is 0 Å². The van der Waals surface area contributed by atoms with Crippen molar-refractivity contribution in [3.05, 3.63) is 22.4 Å². The third-order valence-electron chi connectivity index (χ3n) is 2.37. The first-order chi connectivity index (χ1) is 8.22. The minimum absolute atomic E-state index is 0.551. The lowest BCUT2D eigenvalue weighted by molar-refractivity contribution is -0.165. The zero-order chi connectivity index (χ0) is 13.9. The number of halogens is 3. The minimum Gasteiger partial charge on any atom is -0.329 e. The monoisotopic (exact) mass is 280 g/mol. The summed E-state index contributed by atoms with van der Waals surface area (Å²) in [5.74, 6) is -0.704. The summed E-state index contributed by atoms with van der Waals surface area (Å²) >= 11 is 1.25. The Morgan fingerprint density at radius 3 is 2.50 bits per heavy atom. The molecule has 0 saturated heterocycles. The van der Waals surface area contributed by atoms with Crippen molar-refractivity contribution in [2.45, 2.75) is 32.1 Å². The van der Waals surface area contributed by atoms with Crippen molar-refractivity contribution >= 4 is 17.2 Å². The van der Waals surface area contributed by atoms with Crippen LogP contribution in [0.4, 0.5) is 13.2 Å². The van der Waals surface area contributed by atoms with Gasteiger partial charge in [0.2, 0.25) is 5.91 Å². The number of carbonyl (C=O) groups is 1. The lowest BCUT2D eigenvalue weighted by Gasteiger charge is -2.29. The molecule has 0 aliphatic carbocycles. The van der Waals surface area contributed by atoms with Gasteiger partial charge >= 0.3 is 6.18 Å². The number of nitrogens with two attached hydrogens (primary N) is 1. The molecule has 0 radical (unpaired) electrons. The second kappa shape index (κ2) is 5.71. The Morgan fingerprint density at radius 1 is 1.50 bits per heavy atom. The molecule has 0 aliphatic rings. The van der Waals surface area contributed by atoms with Gasteiger partial charge in [-0.2, -0.15) is 13.2 Å². The Labute approximate surface area is 107 Å². The molecule has 1 aromatic rings. The van der Waals surface area contributed by atoms with Gasteiger partial charge in [0.05, 0.1) is 0 Å². The number of amides is 1. The van der Waals surface area contributed by atoms with E-state index in [1.54, 1.807) is 17.5 Å². The standard InChI is InChI=1S/C11H15F3N2OS/c1-7(2)16(6-11(12,13)14)10(17)9(15)8-4-3-5-18-8/h3-5,7,9H,6,15H2,1-2H3. The number of hydrogen-bond donors (Lipinski definition) is 1. The molecule has 1 amide bonds. The van der Waals surface area contributed by atoms with Crippen molar-refractivity contribution in [3.8, 4) is 0 Å². The van der Waals surface area contributed by atoms with E-state index in [0.29, 0.717) is 4.88 Å². The average Bonchev–Trinajstić information content (AvgIpc) is 2.75. The molecule has 1 aromatic heterocycles. The van der Waals surface area contributed by atoms with Crippen LogP contribution in [0.5, 0.6) is 0 Å². The fraction of sp³-hybridized carbons (Fsp3) is 0.545. The van der Waals surface area contributed by atoms with Crippen LogP contribution in [0.25, 0.3) is 0 Å². The van der Waals surface area contributed by atoms with Crippen LogP contribution < -0.4 is 5.73 Å². The van der Waals surface area contributed by atoms with Crippen molar-refractivity contribution < 1.29 is 18.0 Å². The Balaban J connectivity index is 2.83. The minimum atomic E-state index is -4.42. The predicted molar refractivity (Wildman–Crippen MR) is 64.2 cm³/mol. The summed E-state index contributed by atoms with van der Waals surface area (Å²) in [7, 11) is 0. The average molecular weight is 280 g/mol. The van der Waals surface area contributed by atoms with Crippen LogP contribution in [0.2, 0.25) is 0 Å². The predicted octanol–water partition coefficient (Wildman–Crippen LogP) is 2.55. The summed E-state index contributed by atoms with van der Waals surface area (Å²) in [5.41, 5.74) is 5.69. The highest BCUT2D eigenvalue weighted by molar-refractivity contribution is 7.10. The molecule has 1 rings (SSSR count). The van der Waals surface area contributed by atoms with Gasteiger partial charge in [-0.05, 0) is 25.3 Å². The summed E-state index contributed by atoms with van der Waals surface area (Å²) < 4.78 is 37.2. The number of nitrogens with zero attached hydrogens (tertiary/aromatic N) is 1. The van der Waals surface area contributed by atoms with Gasteiger partial charge in [-0.25, -0.2) is 0 Å². The summed E-state index contributed by atoms with van der Waals surface area (Å²) in [4.78, 5) is 13.3. The summed E-state index contributed by atoms with van der Waals surface area (Å²) in [5, 5.41) is 1.73. The number of alkyl halides is 3. The van der Waals surface area contributed by atoms with Crippen LogP contribution in [-0.4, -0.2) is 29.6 Å². The molecule has 1 atom stereocenters. The van der Waals surface area contributed by atoms with Gasteiger partial charge in [0.25, 0.3) is 0 Å². The molecule has 3 nitrogen and oxygen atoms in total. The van der Waals surface area contributed by atoms with Crippen molar-refractivity contribution in [3.63, 3.8) is 0 Å². The van der Waals surface area contributed by atoms with Crippen LogP contribution in [0.1, 0.15) is 24.8 Å². The van der Waals surface area contributed by atoms with Gasteiger partial charge in [0.1, 0.15) is 12.6 Å². The van der Waals surface area contributed by atoms with Gasteiger partial charge in [-0.3, -0.25) is 4.79 Å². The Hall–Kier alpha value is -1.08. The van der Waals surface area contributed by atoms with Crippen LogP contribution in [0, 0.1) is 0 Å². The molecule has 0 spiro atoms. The smallest absolute Gasteiger partial charge is 0.329 e. The highest BCUT2D eigenvalue weighted by Crippen LogP contribution is 2.23. The number of thiophene rings is 1. The topological polar surface area (TPSA) is 46.3 Å². The normalized spacial score (nSPS) is 13.7. The fourth-order valence-corrected chi connectivity index (χ4v) is 2.20. The molecule has 18 heavy (non-hydrogen) atoms. The molecule has 1 unspecified atom stereocenters. The van der Waals surface area contributed by atoms with Gasteiger partial charge in [0.15, 0.2) is 0 Å². The van der Waals surface area contributed by atoms with E-state index in [0.717, 1.165) is 4.90 Å². The van der Waals surface area contributed by atoms with Crippen molar-refractivity contribution in [2.75, 3.05) is 6.54 Å². The molecular formula is C11H15F3N2OS. The SMILES string of the molecule is CC(C)N(CC(F)(F)F)C(=O)C(N)c1cccs1. The zero-order valence-corrected chi connectivity index (χ0v) is 10.9. The molecule has 0 bridgehead atoms. The Bertz CT molecular complexity index is 389. The number of rotatable bonds is 4. The molecule has 7 heteroatoms. The molecule has 2 N–H and O–H groups in total. The highest BCUT2D eigenvalue weighted by Gasteiger charge is 2.36. The first-order valence-electron chi connectivity index (χ1n) is 5.38. The maximum Gasteiger partial charge on any atom is 0.406 e. The maximum absolute atomic E-state index is 12.4. The quantitative estimate of drug-likeness (QED) is 0.921. The van der Waals surface area contributed by atoms with Gasteiger partial charge in [0, 0.05) is 10.9 Å². The summed E-state index contributed by atoms with van der Waals surface area (Å²) in [6.45, 7) is 1.79. The number of carbonyl (C=O) groups excluding carboxylic acids is 1. The molecule has 0 aromatic carbocycles. The van der Waals surface area contributed by atoms with Crippen LogP contribution in [0.15, 0.2) is 17.5 Å². The zero-order valence-electron chi connectivity index (χ0n) is 10.1. The molecule has 0 fully saturated rings. The summed E-state index contributed by atoms with van der Waals surface area (Å²) in [6.07, 6.45) is -4.42. The maximum atomic E-state index is 12.4. The van der Waals surface area contributed by atoms with Gasteiger partial charge < -0.3 is 10.6 Å². The van der Waals surface area contributed by atoms with E-state index in [4.69, 9.17) is 5.73 Å². The first-order valence-corrected chi connectivity index (χ1v) is 6.26. The van der Waals surface area contributed by atoms with E-state index in [2.05, 4.69) is 0 Å². The Kier molecular flexibility index (Phi) is 4.75. The molecule has 102 valence electrons. The molecular weight excluding hydrogens is 265 g/mol. The fourth-order valence-electron chi connectivity index (χ4n) is 1.48. The third-order valence-corrected chi connectivity index (χ3v) is 3.33. The summed E-state index contributed by atoms with van der Waals surface area (Å²) in [6, 6.07) is 1.76. The molecule has 1 heterocycles. The second-order valence-electron chi connectivity index (χ2n) is 4.17. The second-order valence-corrected chi connectivity index (χ2v) is 5.15. The van der Waals surface area contributed by atoms with Crippen molar-refractivity contribution in [1.29, 1.82) is 0 Å². The molecule has 0 saturated carbocycles. The van der Waals surface area contributed by atoms with E-state index in [1.165, 1.54) is 25.2 Å². The van der Waals surface area contributed by atoms with Crippen molar-refractivity contribution in [1.82, 2.24) is 4.90 Å². The van der Waals surface area contributed by atoms with Gasteiger partial charge in [-0.1, -0.05) is 6.07 Å². The van der Waals surface area contributed by atoms with Gasteiger partial charge in [-0.15, -0.1) is 11.3 Å². The van der Waals surface area contributed by atoms with Crippen molar-refractivity contribution in [2.24, 2.45) is 5.73 Å². The van der Waals surface area contributed by atoms with E-state index < -0.39 is 30.7 Å². The lowest BCUT2D eigenvalue weighted by Crippen LogP contribution is -2.47. The van der Waals surface area contributed by atoms with Crippen LogP contribution >= 0.6 is 11.3 Å². The first kappa shape index (κ1) is 15.0. The van der Waals surface area contributed by atoms with E-state index in [1.807, 2.05) is 0 Å². The molecule has 0 aliphatic heterocycles. The lowest BCUT2D eigenvalue weighted by atomic mass is 10.2. The van der Waals surface area contributed by atoms with Crippen LogP contribution in [0.3, 0.4) is 0 Å². The third kappa shape index (κ3) is 3.99. The van der Waals surface area contributed by atoms with E-state index >= 15 is 0 Å². The van der Waals surface area contributed by atoms with Crippen LogP contribution in [-0.2, 0) is 4.79 Å². The van der Waals surface area contributed by atoms with E-state index in [9.17, 15) is 18.0 Å². The Morgan fingerprint density at radius 2 is 2.11 bits per heavy atom. The largest absolute Gasteiger partial charge is 0.406 e. The highest BCUT2D eigenvalue weighted by atomic mass is 32.1.